The van der Waals surface area contributed by atoms with E-state index in [2.05, 4.69) is 5.43 Å². The molecule has 0 atom stereocenters. The van der Waals surface area contributed by atoms with Crippen LogP contribution in [0.1, 0.15) is 18.1 Å². The number of amides is 2. The summed E-state index contributed by atoms with van der Waals surface area (Å²) in [6.07, 6.45) is 1.46. The second-order valence-corrected chi connectivity index (χ2v) is 8.45. The van der Waals surface area contributed by atoms with Crippen LogP contribution >= 0.6 is 34.8 Å². The van der Waals surface area contributed by atoms with Crippen LogP contribution in [0.5, 0.6) is 11.5 Å². The van der Waals surface area contributed by atoms with Gasteiger partial charge >= 0.3 is 0 Å². The van der Waals surface area contributed by atoms with Crippen LogP contribution in [0.25, 0.3) is 6.08 Å². The lowest BCUT2D eigenvalue weighted by atomic mass is 10.1. The zero-order valence-corrected chi connectivity index (χ0v) is 20.2. The monoisotopic (exact) mass is 516 g/mol. The van der Waals surface area contributed by atoms with Gasteiger partial charge in [-0.1, -0.05) is 59.1 Å². The average Bonchev–Trinajstić information content (AvgIpc) is 3.09. The topological polar surface area (TPSA) is 67.9 Å². The fourth-order valence-corrected chi connectivity index (χ4v) is 4.15. The maximum absolute atomic E-state index is 12.9. The summed E-state index contributed by atoms with van der Waals surface area (Å²) in [5, 5.41) is 2.38. The molecule has 0 saturated carbocycles. The number of hydrazine groups is 1. The molecule has 1 heterocycles. The number of rotatable bonds is 7. The number of carbonyl (C=O) groups is 2. The smallest absolute Gasteiger partial charge is 0.282 e. The lowest BCUT2D eigenvalue weighted by Crippen LogP contribution is -2.35. The van der Waals surface area contributed by atoms with Gasteiger partial charge in [0.25, 0.3) is 11.8 Å². The zero-order chi connectivity index (χ0) is 24.2. The number of nitrogens with one attached hydrogen (secondary N) is 1. The molecule has 0 aromatic heterocycles. The van der Waals surface area contributed by atoms with Crippen molar-refractivity contribution in [1.29, 1.82) is 0 Å². The molecular formula is C25H19Cl3N2O4. The third-order valence-electron chi connectivity index (χ3n) is 4.97. The van der Waals surface area contributed by atoms with Crippen LogP contribution in [0.2, 0.25) is 15.1 Å². The van der Waals surface area contributed by atoms with Gasteiger partial charge < -0.3 is 9.47 Å². The van der Waals surface area contributed by atoms with Gasteiger partial charge in [0.05, 0.1) is 17.3 Å². The first-order valence-electron chi connectivity index (χ1n) is 10.3. The Morgan fingerprint density at radius 2 is 1.62 bits per heavy atom. The molecule has 2 amide bonds. The van der Waals surface area contributed by atoms with Crippen molar-refractivity contribution < 1.29 is 19.1 Å². The van der Waals surface area contributed by atoms with Gasteiger partial charge in [-0.25, -0.2) is 5.01 Å². The first kappa shape index (κ1) is 24.0. The van der Waals surface area contributed by atoms with Crippen molar-refractivity contribution in [3.63, 3.8) is 0 Å². The summed E-state index contributed by atoms with van der Waals surface area (Å²) in [7, 11) is 0. The number of ether oxygens (including phenoxy) is 2. The SMILES string of the molecule is CCOc1cc(C=C2C(=O)NN(c3ccccc3)C2=O)cc(Cl)c1OCc1c(Cl)cccc1Cl. The Hall–Kier alpha value is -3.19. The largest absolute Gasteiger partial charge is 0.490 e. The molecule has 1 aliphatic heterocycles. The van der Waals surface area contributed by atoms with E-state index in [0.29, 0.717) is 45.0 Å². The molecule has 34 heavy (non-hydrogen) atoms. The molecule has 174 valence electrons. The lowest BCUT2D eigenvalue weighted by Gasteiger charge is -2.16. The summed E-state index contributed by atoms with van der Waals surface area (Å²) >= 11 is 19.0. The quantitative estimate of drug-likeness (QED) is 0.304. The second-order valence-electron chi connectivity index (χ2n) is 7.23. The van der Waals surface area contributed by atoms with Crippen LogP contribution in [0, 0.1) is 0 Å². The van der Waals surface area contributed by atoms with Crippen molar-refractivity contribution in [1.82, 2.24) is 5.43 Å². The number of anilines is 1. The first-order chi connectivity index (χ1) is 16.4. The number of hydrogen-bond acceptors (Lipinski definition) is 4. The fraction of sp³-hybridized carbons (Fsp3) is 0.120. The van der Waals surface area contributed by atoms with E-state index in [9.17, 15) is 9.59 Å². The number of para-hydroxylation sites is 1. The number of halogens is 3. The van der Waals surface area contributed by atoms with Crippen molar-refractivity contribution in [2.75, 3.05) is 11.6 Å². The van der Waals surface area contributed by atoms with Crippen molar-refractivity contribution in [3.05, 3.63) is 92.4 Å². The van der Waals surface area contributed by atoms with Crippen LogP contribution in [0.3, 0.4) is 0 Å². The molecule has 3 aromatic carbocycles. The number of hydrogen-bond donors (Lipinski definition) is 1. The van der Waals surface area contributed by atoms with Gasteiger partial charge in [-0.3, -0.25) is 15.0 Å². The molecule has 1 fully saturated rings. The van der Waals surface area contributed by atoms with Gasteiger partial charge in [-0.2, -0.15) is 0 Å². The van der Waals surface area contributed by atoms with Gasteiger partial charge in [-0.15, -0.1) is 0 Å². The highest BCUT2D eigenvalue weighted by Gasteiger charge is 2.34. The Labute approximate surface area is 211 Å². The summed E-state index contributed by atoms with van der Waals surface area (Å²) < 4.78 is 11.6. The van der Waals surface area contributed by atoms with Crippen LogP contribution in [-0.4, -0.2) is 18.4 Å². The van der Waals surface area contributed by atoms with E-state index in [4.69, 9.17) is 44.3 Å². The third kappa shape index (κ3) is 4.99. The zero-order valence-electron chi connectivity index (χ0n) is 18.0. The maximum atomic E-state index is 12.9. The molecule has 1 N–H and O–H groups in total. The van der Waals surface area contributed by atoms with Crippen LogP contribution in [-0.2, 0) is 16.2 Å². The van der Waals surface area contributed by atoms with E-state index < -0.39 is 11.8 Å². The number of nitrogens with zero attached hydrogens (tertiary/aromatic N) is 1. The predicted octanol–water partition coefficient (Wildman–Crippen LogP) is 6.09. The summed E-state index contributed by atoms with van der Waals surface area (Å²) in [5.41, 5.74) is 4.21. The molecule has 9 heteroatoms. The second kappa shape index (κ2) is 10.4. The minimum atomic E-state index is -0.517. The molecule has 0 spiro atoms. The lowest BCUT2D eigenvalue weighted by molar-refractivity contribution is -0.117. The molecule has 0 unspecified atom stereocenters. The highest BCUT2D eigenvalue weighted by atomic mass is 35.5. The van der Waals surface area contributed by atoms with Gasteiger partial charge in [0.1, 0.15) is 12.2 Å². The van der Waals surface area contributed by atoms with E-state index in [1.54, 1.807) is 54.6 Å². The van der Waals surface area contributed by atoms with E-state index in [-0.39, 0.29) is 17.2 Å². The Morgan fingerprint density at radius 3 is 2.29 bits per heavy atom. The average molecular weight is 518 g/mol. The van der Waals surface area contributed by atoms with E-state index in [1.165, 1.54) is 11.1 Å². The summed E-state index contributed by atoms with van der Waals surface area (Å²) in [4.78, 5) is 25.4. The van der Waals surface area contributed by atoms with Crippen molar-refractivity contribution in [2.24, 2.45) is 0 Å². The van der Waals surface area contributed by atoms with Crippen LogP contribution < -0.4 is 19.9 Å². The minimum absolute atomic E-state index is 0.0288. The Bertz CT molecular complexity index is 1260. The highest BCUT2D eigenvalue weighted by molar-refractivity contribution is 6.36. The Balaban J connectivity index is 1.63. The number of carbonyl (C=O) groups excluding carboxylic acids is 2. The highest BCUT2D eigenvalue weighted by Crippen LogP contribution is 2.39. The maximum Gasteiger partial charge on any atom is 0.282 e. The summed E-state index contributed by atoms with van der Waals surface area (Å²) in [6, 6.07) is 17.2. The molecule has 1 aliphatic rings. The van der Waals surface area contributed by atoms with E-state index in [0.717, 1.165) is 0 Å². The molecule has 0 aliphatic carbocycles. The normalized spacial score (nSPS) is 14.5. The van der Waals surface area contributed by atoms with Crippen molar-refractivity contribution >= 4 is 58.4 Å². The van der Waals surface area contributed by atoms with Gasteiger partial charge in [0, 0.05) is 15.6 Å². The van der Waals surface area contributed by atoms with E-state index in [1.807, 2.05) is 13.0 Å². The molecule has 3 aromatic rings. The Kier molecular flexibility index (Phi) is 7.32. The van der Waals surface area contributed by atoms with Crippen molar-refractivity contribution in [3.8, 4) is 11.5 Å². The van der Waals surface area contributed by atoms with Crippen LogP contribution in [0.15, 0.2) is 66.2 Å². The van der Waals surface area contributed by atoms with Crippen LogP contribution in [0.4, 0.5) is 5.69 Å². The summed E-state index contributed by atoms with van der Waals surface area (Å²) in [6.45, 7) is 2.24. The summed E-state index contributed by atoms with van der Waals surface area (Å²) in [5.74, 6) is -0.332. The standard InChI is InChI=1S/C25H19Cl3N2O4/c1-2-33-22-13-15(11-17-24(31)29-30(25(17)32)16-7-4-3-5-8-16)12-21(28)23(22)34-14-18-19(26)9-6-10-20(18)27/h3-13H,2,14H2,1H3,(H,29,31). The minimum Gasteiger partial charge on any atom is -0.490 e. The number of benzene rings is 3. The van der Waals surface area contributed by atoms with Crippen molar-refractivity contribution in [2.45, 2.75) is 13.5 Å². The molecule has 0 bridgehead atoms. The van der Waals surface area contributed by atoms with Gasteiger partial charge in [0.2, 0.25) is 0 Å². The molecule has 4 rings (SSSR count). The first-order valence-corrected chi connectivity index (χ1v) is 11.5. The third-order valence-corrected chi connectivity index (χ3v) is 5.96. The predicted molar refractivity (Wildman–Crippen MR) is 133 cm³/mol. The molecular weight excluding hydrogens is 499 g/mol. The molecule has 1 saturated heterocycles. The van der Waals surface area contributed by atoms with Gasteiger partial charge in [0.15, 0.2) is 11.5 Å². The Morgan fingerprint density at radius 1 is 0.912 bits per heavy atom. The van der Waals surface area contributed by atoms with E-state index >= 15 is 0 Å². The molecule has 6 nitrogen and oxygen atoms in total. The fourth-order valence-electron chi connectivity index (χ4n) is 3.37. The van der Waals surface area contributed by atoms with Gasteiger partial charge in [-0.05, 0) is 55.0 Å². The molecule has 0 radical (unpaired) electrons.